The number of benzene rings is 2. The highest BCUT2D eigenvalue weighted by Crippen LogP contribution is 2.32. The Morgan fingerprint density at radius 1 is 0.862 bits per heavy atom. The van der Waals surface area contributed by atoms with Crippen molar-refractivity contribution in [2.45, 2.75) is 24.7 Å². The van der Waals surface area contributed by atoms with Crippen LogP contribution in [0, 0.1) is 0 Å². The fourth-order valence-corrected chi connectivity index (χ4v) is 3.39. The molecular weight excluding hydrogens is 378 g/mol. The lowest BCUT2D eigenvalue weighted by molar-refractivity contribution is -0.188. The van der Waals surface area contributed by atoms with Crippen molar-refractivity contribution in [3.8, 4) is 0 Å². The Morgan fingerprint density at radius 2 is 1.41 bits per heavy atom. The summed E-state index contributed by atoms with van der Waals surface area (Å²) in [5, 5.41) is 18.5. The number of cyclic esters (lactones) is 1. The van der Waals surface area contributed by atoms with Gasteiger partial charge >= 0.3 is 5.97 Å². The van der Waals surface area contributed by atoms with Crippen LogP contribution in [0.5, 0.6) is 0 Å². The molecule has 9 heteroatoms. The Bertz CT molecular complexity index is 984. The van der Waals surface area contributed by atoms with Gasteiger partial charge in [-0.15, -0.1) is 0 Å². The topological polar surface area (TPSA) is 134 Å². The van der Waals surface area contributed by atoms with E-state index in [4.69, 9.17) is 4.74 Å². The number of hydrogen-bond donors (Lipinski definition) is 4. The second-order valence-corrected chi connectivity index (χ2v) is 7.14. The van der Waals surface area contributed by atoms with Crippen molar-refractivity contribution in [1.82, 2.24) is 5.32 Å². The van der Waals surface area contributed by atoms with Crippen LogP contribution in [0.25, 0.3) is 0 Å². The summed E-state index contributed by atoms with van der Waals surface area (Å²) in [4.78, 5) is 50.6. The maximum Gasteiger partial charge on any atom is 0.343 e. The van der Waals surface area contributed by atoms with Gasteiger partial charge in [0.15, 0.2) is 0 Å². The van der Waals surface area contributed by atoms with Crippen molar-refractivity contribution in [2.24, 2.45) is 0 Å². The van der Waals surface area contributed by atoms with Crippen LogP contribution in [-0.4, -0.2) is 40.1 Å². The molecule has 0 saturated heterocycles. The highest BCUT2D eigenvalue weighted by molar-refractivity contribution is 6.12. The first-order valence-corrected chi connectivity index (χ1v) is 8.81. The molecule has 2 heterocycles. The third-order valence-electron chi connectivity index (χ3n) is 4.92. The Labute approximate surface area is 165 Å². The third-order valence-corrected chi connectivity index (χ3v) is 4.92. The molecule has 0 aliphatic carbocycles. The SMILES string of the molecule is C[C@]1(C[C@@]2(O)OC(=O)c3ccccc3NC2=O)NC(=O)c2ccccc2NC1=O. The molecule has 2 atom stereocenters. The number of esters is 1. The van der Waals surface area contributed by atoms with Crippen LogP contribution >= 0.6 is 0 Å². The summed E-state index contributed by atoms with van der Waals surface area (Å²) in [7, 11) is 0. The summed E-state index contributed by atoms with van der Waals surface area (Å²) >= 11 is 0. The van der Waals surface area contributed by atoms with E-state index < -0.39 is 41.4 Å². The van der Waals surface area contributed by atoms with Crippen LogP contribution in [0.3, 0.4) is 0 Å². The summed E-state index contributed by atoms with van der Waals surface area (Å²) in [6.07, 6.45) is -0.697. The van der Waals surface area contributed by atoms with Gasteiger partial charge in [0.1, 0.15) is 5.54 Å². The van der Waals surface area contributed by atoms with Crippen LogP contribution < -0.4 is 16.0 Å². The first kappa shape index (κ1) is 18.6. The molecule has 29 heavy (non-hydrogen) atoms. The van der Waals surface area contributed by atoms with Gasteiger partial charge in [-0.3, -0.25) is 14.4 Å². The van der Waals surface area contributed by atoms with Gasteiger partial charge in [0, 0.05) is 0 Å². The summed E-state index contributed by atoms with van der Waals surface area (Å²) in [6, 6.07) is 12.5. The highest BCUT2D eigenvalue weighted by atomic mass is 16.7. The summed E-state index contributed by atoms with van der Waals surface area (Å²) in [5.74, 6) is -5.90. The molecule has 0 aromatic heterocycles. The Kier molecular flexibility index (Phi) is 4.12. The Morgan fingerprint density at radius 3 is 2.10 bits per heavy atom. The smallest absolute Gasteiger partial charge is 0.343 e. The number of ether oxygens (including phenoxy) is 1. The minimum Gasteiger partial charge on any atom is -0.420 e. The predicted octanol–water partition coefficient (Wildman–Crippen LogP) is 1.02. The van der Waals surface area contributed by atoms with E-state index >= 15 is 0 Å². The highest BCUT2D eigenvalue weighted by Gasteiger charge is 2.52. The molecule has 2 aliphatic heterocycles. The normalized spacial score (nSPS) is 26.0. The molecule has 148 valence electrons. The van der Waals surface area contributed by atoms with Gasteiger partial charge in [0.25, 0.3) is 17.6 Å². The molecule has 2 aromatic rings. The molecule has 0 spiro atoms. The standard InChI is InChI=1S/C20H17N3O6/c1-19(17(26)21-13-8-4-2-6-11(13)15(24)23-19)10-20(28)18(27)22-14-9-5-3-7-12(14)16(25)29-20/h2-9,28H,10H2,1H3,(H,21,26)(H,22,27)(H,23,24)/t19-,20-/m1/s1. The van der Waals surface area contributed by atoms with Crippen molar-refractivity contribution in [1.29, 1.82) is 0 Å². The largest absolute Gasteiger partial charge is 0.420 e. The van der Waals surface area contributed by atoms with Gasteiger partial charge in [0.05, 0.1) is 28.9 Å². The minimum absolute atomic E-state index is 0.0590. The number of hydrogen-bond acceptors (Lipinski definition) is 6. The molecule has 0 bridgehead atoms. The number of carbonyl (C=O) groups is 4. The van der Waals surface area contributed by atoms with Gasteiger partial charge < -0.3 is 25.8 Å². The second-order valence-electron chi connectivity index (χ2n) is 7.14. The van der Waals surface area contributed by atoms with E-state index in [2.05, 4.69) is 16.0 Å². The lowest BCUT2D eigenvalue weighted by Gasteiger charge is -2.34. The van der Waals surface area contributed by atoms with Gasteiger partial charge in [-0.25, -0.2) is 4.79 Å². The predicted molar refractivity (Wildman–Crippen MR) is 101 cm³/mol. The summed E-state index contributed by atoms with van der Waals surface area (Å²) in [5.41, 5.74) is -1.00. The molecule has 4 rings (SSSR count). The quantitative estimate of drug-likeness (QED) is 0.561. The number of para-hydroxylation sites is 2. The number of anilines is 2. The van der Waals surface area contributed by atoms with E-state index in [1.165, 1.54) is 25.1 Å². The lowest BCUT2D eigenvalue weighted by Crippen LogP contribution is -2.60. The van der Waals surface area contributed by atoms with E-state index in [0.29, 0.717) is 5.69 Å². The maximum absolute atomic E-state index is 12.8. The van der Waals surface area contributed by atoms with E-state index in [0.717, 1.165) is 0 Å². The molecule has 3 amide bonds. The zero-order valence-electron chi connectivity index (χ0n) is 15.3. The van der Waals surface area contributed by atoms with Crippen molar-refractivity contribution in [3.63, 3.8) is 0 Å². The molecule has 9 nitrogen and oxygen atoms in total. The minimum atomic E-state index is -2.69. The molecule has 0 saturated carbocycles. The van der Waals surface area contributed by atoms with Crippen molar-refractivity contribution < 1.29 is 29.0 Å². The molecule has 2 aromatic carbocycles. The number of nitrogens with one attached hydrogen (secondary N) is 3. The number of rotatable bonds is 2. The Balaban J connectivity index is 1.67. The van der Waals surface area contributed by atoms with Gasteiger partial charge in [-0.1, -0.05) is 24.3 Å². The molecule has 0 unspecified atom stereocenters. The Hall–Kier alpha value is -3.72. The average Bonchev–Trinajstić information content (AvgIpc) is 2.82. The van der Waals surface area contributed by atoms with Crippen molar-refractivity contribution >= 4 is 35.1 Å². The van der Waals surface area contributed by atoms with Crippen LogP contribution in [0.4, 0.5) is 11.4 Å². The summed E-state index contributed by atoms with van der Waals surface area (Å²) in [6.45, 7) is 1.34. The number of aliphatic hydroxyl groups is 1. The zero-order valence-corrected chi connectivity index (χ0v) is 15.3. The van der Waals surface area contributed by atoms with Crippen molar-refractivity contribution in [3.05, 3.63) is 59.7 Å². The first-order chi connectivity index (χ1) is 13.7. The van der Waals surface area contributed by atoms with Crippen LogP contribution in [0.2, 0.25) is 0 Å². The van der Waals surface area contributed by atoms with E-state index in [1.54, 1.807) is 30.3 Å². The number of fused-ring (bicyclic) bond motifs is 2. The molecular formula is C20H17N3O6. The molecule has 0 fully saturated rings. The number of amides is 3. The zero-order chi connectivity index (χ0) is 20.8. The fraction of sp³-hybridized carbons (Fsp3) is 0.200. The van der Waals surface area contributed by atoms with Gasteiger partial charge in [-0.2, -0.15) is 0 Å². The van der Waals surface area contributed by atoms with Gasteiger partial charge in [0.2, 0.25) is 5.91 Å². The summed E-state index contributed by atoms with van der Waals surface area (Å²) < 4.78 is 5.08. The third kappa shape index (κ3) is 3.11. The van der Waals surface area contributed by atoms with E-state index in [1.807, 2.05) is 0 Å². The molecule has 2 aliphatic rings. The van der Waals surface area contributed by atoms with Crippen LogP contribution in [0.1, 0.15) is 34.1 Å². The average molecular weight is 395 g/mol. The van der Waals surface area contributed by atoms with Gasteiger partial charge in [-0.05, 0) is 31.2 Å². The molecule has 4 N–H and O–H groups in total. The van der Waals surface area contributed by atoms with E-state index in [9.17, 15) is 24.3 Å². The second kappa shape index (κ2) is 6.42. The van der Waals surface area contributed by atoms with Crippen molar-refractivity contribution in [2.75, 3.05) is 10.6 Å². The molecule has 0 radical (unpaired) electrons. The van der Waals surface area contributed by atoms with E-state index in [-0.39, 0.29) is 16.8 Å². The fourth-order valence-electron chi connectivity index (χ4n) is 3.39. The van der Waals surface area contributed by atoms with Crippen LogP contribution in [0.15, 0.2) is 48.5 Å². The van der Waals surface area contributed by atoms with Crippen LogP contribution in [-0.2, 0) is 14.3 Å². The monoisotopic (exact) mass is 395 g/mol. The maximum atomic E-state index is 12.8. The lowest BCUT2D eigenvalue weighted by atomic mass is 9.90. The number of carbonyl (C=O) groups excluding carboxylic acids is 4. The first-order valence-electron chi connectivity index (χ1n) is 8.81.